The molecule has 0 spiro atoms. The summed E-state index contributed by atoms with van der Waals surface area (Å²) in [6, 6.07) is 11.3. The van der Waals surface area contributed by atoms with Crippen LogP contribution in [0.3, 0.4) is 0 Å². The van der Waals surface area contributed by atoms with Gasteiger partial charge >= 0.3 is 0 Å². The van der Waals surface area contributed by atoms with E-state index in [-0.39, 0.29) is 0 Å². The quantitative estimate of drug-likeness (QED) is 0.530. The van der Waals surface area contributed by atoms with E-state index in [1.54, 1.807) is 24.8 Å². The second-order valence-corrected chi connectivity index (χ2v) is 9.82. The lowest BCUT2D eigenvalue weighted by molar-refractivity contribution is 0.109. The monoisotopic (exact) mass is 338 g/mol. The van der Waals surface area contributed by atoms with Gasteiger partial charge in [-0.3, -0.25) is 0 Å². The third kappa shape index (κ3) is 4.50. The lowest BCUT2D eigenvalue weighted by Gasteiger charge is -2.42. The molecule has 25 heavy (non-hydrogen) atoms. The van der Waals surface area contributed by atoms with Gasteiger partial charge in [-0.15, -0.1) is 0 Å². The molecule has 0 amide bonds. The molecular weight excluding hydrogens is 300 g/mol. The van der Waals surface area contributed by atoms with Gasteiger partial charge in [-0.1, -0.05) is 82.2 Å². The van der Waals surface area contributed by atoms with Gasteiger partial charge in [0.2, 0.25) is 0 Å². The summed E-state index contributed by atoms with van der Waals surface area (Å²) in [7, 11) is 0. The fourth-order valence-corrected chi connectivity index (χ4v) is 6.37. The molecule has 4 rings (SSSR count). The molecule has 0 saturated heterocycles. The van der Waals surface area contributed by atoms with E-state index in [1.165, 1.54) is 57.8 Å². The van der Waals surface area contributed by atoms with Crippen molar-refractivity contribution in [3.05, 3.63) is 35.9 Å². The smallest absolute Gasteiger partial charge is 0.0159 e. The summed E-state index contributed by atoms with van der Waals surface area (Å²) in [5.74, 6) is 6.09. The first-order valence-corrected chi connectivity index (χ1v) is 11.3. The van der Waals surface area contributed by atoms with Crippen molar-refractivity contribution in [2.75, 3.05) is 0 Å². The predicted molar refractivity (Wildman–Crippen MR) is 108 cm³/mol. The molecule has 0 bridgehead atoms. The molecule has 0 heteroatoms. The fourth-order valence-electron chi connectivity index (χ4n) is 6.37. The molecule has 0 aromatic heterocycles. The number of hydrogen-bond acceptors (Lipinski definition) is 0. The second-order valence-electron chi connectivity index (χ2n) is 9.82. The molecule has 3 aliphatic rings. The highest BCUT2D eigenvalue weighted by Crippen LogP contribution is 2.48. The maximum Gasteiger partial charge on any atom is -0.0159 e. The van der Waals surface area contributed by atoms with Crippen LogP contribution in [0.4, 0.5) is 0 Å². The van der Waals surface area contributed by atoms with E-state index in [0.717, 1.165) is 35.5 Å². The van der Waals surface area contributed by atoms with E-state index in [9.17, 15) is 0 Å². The molecule has 4 unspecified atom stereocenters. The van der Waals surface area contributed by atoms with Crippen molar-refractivity contribution in [2.45, 2.75) is 89.9 Å². The maximum atomic E-state index is 2.45. The van der Waals surface area contributed by atoms with Crippen LogP contribution in [0.1, 0.15) is 95.5 Å². The SMILES string of the molecule is CC1CCC(CCC2CCC3CC(c4ccccc4)CCC3C2)CC1. The number of hydrogen-bond donors (Lipinski definition) is 0. The van der Waals surface area contributed by atoms with Gasteiger partial charge in [-0.05, 0) is 73.2 Å². The third-order valence-corrected chi connectivity index (χ3v) is 8.11. The Morgan fingerprint density at radius 2 is 1.32 bits per heavy atom. The Morgan fingerprint density at radius 3 is 2.12 bits per heavy atom. The molecule has 0 heterocycles. The molecular formula is C25H38. The van der Waals surface area contributed by atoms with Crippen LogP contribution in [0.5, 0.6) is 0 Å². The van der Waals surface area contributed by atoms with Gasteiger partial charge < -0.3 is 0 Å². The minimum Gasteiger partial charge on any atom is -0.0625 e. The summed E-state index contributed by atoms with van der Waals surface area (Å²) < 4.78 is 0. The largest absolute Gasteiger partial charge is 0.0625 e. The van der Waals surface area contributed by atoms with Crippen molar-refractivity contribution in [3.63, 3.8) is 0 Å². The lowest BCUT2D eigenvalue weighted by Crippen LogP contribution is -2.30. The maximum absolute atomic E-state index is 2.45. The van der Waals surface area contributed by atoms with Crippen LogP contribution in [-0.4, -0.2) is 0 Å². The van der Waals surface area contributed by atoms with Crippen molar-refractivity contribution < 1.29 is 0 Å². The topological polar surface area (TPSA) is 0 Å². The molecule has 0 nitrogen and oxygen atoms in total. The van der Waals surface area contributed by atoms with Crippen LogP contribution < -0.4 is 0 Å². The highest BCUT2D eigenvalue weighted by molar-refractivity contribution is 5.20. The van der Waals surface area contributed by atoms with Gasteiger partial charge in [0.1, 0.15) is 0 Å². The summed E-state index contributed by atoms with van der Waals surface area (Å²) in [6.45, 7) is 2.45. The highest BCUT2D eigenvalue weighted by atomic mass is 14.4. The summed E-state index contributed by atoms with van der Waals surface area (Å²) in [4.78, 5) is 0. The van der Waals surface area contributed by atoms with Crippen LogP contribution in [0.25, 0.3) is 0 Å². The molecule has 3 aliphatic carbocycles. The predicted octanol–water partition coefficient (Wildman–Crippen LogP) is 7.59. The summed E-state index contributed by atoms with van der Waals surface area (Å²) in [5, 5.41) is 0. The number of fused-ring (bicyclic) bond motifs is 1. The zero-order valence-corrected chi connectivity index (χ0v) is 16.3. The van der Waals surface area contributed by atoms with E-state index in [0.29, 0.717) is 0 Å². The van der Waals surface area contributed by atoms with Gasteiger partial charge in [-0.2, -0.15) is 0 Å². The van der Waals surface area contributed by atoms with Gasteiger partial charge in [0.15, 0.2) is 0 Å². The third-order valence-electron chi connectivity index (χ3n) is 8.11. The first-order chi connectivity index (χ1) is 12.3. The summed E-state index contributed by atoms with van der Waals surface area (Å²) >= 11 is 0. The average molecular weight is 339 g/mol. The molecule has 0 N–H and O–H groups in total. The Hall–Kier alpha value is -0.780. The Labute approximate surface area is 155 Å². The van der Waals surface area contributed by atoms with E-state index in [4.69, 9.17) is 0 Å². The normalized spacial score (nSPS) is 38.9. The van der Waals surface area contributed by atoms with Crippen LogP contribution >= 0.6 is 0 Å². The first kappa shape index (κ1) is 17.6. The van der Waals surface area contributed by atoms with Crippen molar-refractivity contribution in [3.8, 4) is 0 Å². The summed E-state index contributed by atoms with van der Waals surface area (Å²) in [5.41, 5.74) is 1.61. The van der Waals surface area contributed by atoms with E-state index in [1.807, 2.05) is 0 Å². The van der Waals surface area contributed by atoms with Crippen molar-refractivity contribution in [2.24, 2.45) is 29.6 Å². The molecule has 3 saturated carbocycles. The minimum absolute atomic E-state index is 0.850. The van der Waals surface area contributed by atoms with Crippen molar-refractivity contribution in [1.82, 2.24) is 0 Å². The lowest BCUT2D eigenvalue weighted by atomic mass is 9.63. The molecule has 0 aliphatic heterocycles. The van der Waals surface area contributed by atoms with Crippen molar-refractivity contribution >= 4 is 0 Å². The van der Waals surface area contributed by atoms with Crippen LogP contribution in [0.2, 0.25) is 0 Å². The zero-order valence-electron chi connectivity index (χ0n) is 16.3. The Balaban J connectivity index is 1.23. The van der Waals surface area contributed by atoms with E-state index < -0.39 is 0 Å². The van der Waals surface area contributed by atoms with Gasteiger partial charge in [-0.25, -0.2) is 0 Å². The van der Waals surface area contributed by atoms with Crippen LogP contribution in [-0.2, 0) is 0 Å². The molecule has 1 aromatic rings. The number of benzene rings is 1. The molecule has 3 fully saturated rings. The van der Waals surface area contributed by atoms with Gasteiger partial charge in [0, 0.05) is 0 Å². The molecule has 1 aromatic carbocycles. The van der Waals surface area contributed by atoms with Crippen LogP contribution in [0, 0.1) is 29.6 Å². The van der Waals surface area contributed by atoms with E-state index >= 15 is 0 Å². The Morgan fingerprint density at radius 1 is 0.680 bits per heavy atom. The van der Waals surface area contributed by atoms with Crippen LogP contribution in [0.15, 0.2) is 30.3 Å². The fraction of sp³-hybridized carbons (Fsp3) is 0.760. The zero-order chi connectivity index (χ0) is 17.1. The number of rotatable bonds is 4. The standard InChI is InChI=1S/C25H38/c1-19-7-9-20(10-8-19)11-12-21-13-14-25-18-24(16-15-23(25)17-21)22-5-3-2-4-6-22/h2-6,19-21,23-25H,7-18H2,1H3. The Kier molecular flexibility index (Phi) is 5.83. The molecule has 4 atom stereocenters. The molecule has 0 radical (unpaired) electrons. The highest BCUT2D eigenvalue weighted by Gasteiger charge is 2.36. The second kappa shape index (κ2) is 8.28. The minimum atomic E-state index is 0.850. The Bertz CT molecular complexity index is 510. The molecule has 138 valence electrons. The van der Waals surface area contributed by atoms with Gasteiger partial charge in [0.05, 0.1) is 0 Å². The van der Waals surface area contributed by atoms with Gasteiger partial charge in [0.25, 0.3) is 0 Å². The van der Waals surface area contributed by atoms with E-state index in [2.05, 4.69) is 37.3 Å². The summed E-state index contributed by atoms with van der Waals surface area (Å²) in [6.07, 6.45) is 18.2. The average Bonchev–Trinajstić information content (AvgIpc) is 2.68. The van der Waals surface area contributed by atoms with Crippen molar-refractivity contribution in [1.29, 1.82) is 0 Å². The first-order valence-electron chi connectivity index (χ1n) is 11.3.